The molecular formula is C32H37NO11. The van der Waals surface area contributed by atoms with Gasteiger partial charge in [-0.25, -0.2) is 0 Å². The lowest BCUT2D eigenvalue weighted by Crippen LogP contribution is -2.71. The number of rotatable bonds is 4. The fraction of sp³-hybridized carbons (Fsp3) is 0.656. The number of ether oxygens (including phenoxy) is 9. The van der Waals surface area contributed by atoms with Crippen LogP contribution >= 0.6 is 0 Å². The van der Waals surface area contributed by atoms with Crippen LogP contribution in [0.3, 0.4) is 0 Å². The first-order chi connectivity index (χ1) is 21.2. The fourth-order valence-corrected chi connectivity index (χ4v) is 8.44. The number of aryl methyl sites for hydroxylation is 1. The Hall–Kier alpha value is -2.55. The van der Waals surface area contributed by atoms with Gasteiger partial charge in [-0.05, 0) is 51.2 Å². The number of epoxide rings is 1. The van der Waals surface area contributed by atoms with Gasteiger partial charge in [-0.15, -0.1) is 0 Å². The zero-order valence-corrected chi connectivity index (χ0v) is 25.0. The summed E-state index contributed by atoms with van der Waals surface area (Å²) in [5.41, 5.74) is 7.54. The average Bonchev–Trinajstić information content (AvgIpc) is 3.68. The van der Waals surface area contributed by atoms with E-state index in [1.807, 2.05) is 19.9 Å². The van der Waals surface area contributed by atoms with Crippen molar-refractivity contribution >= 4 is 16.6 Å². The zero-order chi connectivity index (χ0) is 30.2. The molecule has 2 aromatic rings. The zero-order valence-electron chi connectivity index (χ0n) is 25.0. The molecule has 236 valence electrons. The van der Waals surface area contributed by atoms with E-state index < -0.39 is 42.0 Å². The number of carbonyl (C=O) groups excluding carboxylic acids is 1. The smallest absolute Gasteiger partial charge is 0.279 e. The number of nitrogens with two attached hydrogens (primary N) is 1. The number of fused-ring (bicyclic) bond motifs is 8. The van der Waals surface area contributed by atoms with Crippen LogP contribution in [-0.4, -0.2) is 85.8 Å². The van der Waals surface area contributed by atoms with Crippen LogP contribution in [0, 0.1) is 6.92 Å². The minimum atomic E-state index is -1.56. The van der Waals surface area contributed by atoms with Gasteiger partial charge in [0.1, 0.15) is 23.4 Å². The molecule has 5 saturated heterocycles. The summed E-state index contributed by atoms with van der Waals surface area (Å²) < 4.78 is 58.3. The van der Waals surface area contributed by atoms with Crippen molar-refractivity contribution in [2.45, 2.75) is 106 Å². The van der Waals surface area contributed by atoms with Gasteiger partial charge in [0, 0.05) is 35.4 Å². The van der Waals surface area contributed by atoms with Crippen LogP contribution in [0.4, 0.5) is 0 Å². The number of phenols is 1. The van der Waals surface area contributed by atoms with E-state index in [0.29, 0.717) is 78.7 Å². The third kappa shape index (κ3) is 3.27. The third-order valence-electron chi connectivity index (χ3n) is 10.6. The van der Waals surface area contributed by atoms with Crippen LogP contribution in [0.5, 0.6) is 17.2 Å². The predicted molar refractivity (Wildman–Crippen MR) is 151 cm³/mol. The Labute approximate surface area is 253 Å². The Morgan fingerprint density at radius 2 is 1.91 bits per heavy atom. The van der Waals surface area contributed by atoms with E-state index in [0.717, 1.165) is 12.0 Å². The van der Waals surface area contributed by atoms with Crippen molar-refractivity contribution < 1.29 is 52.5 Å². The van der Waals surface area contributed by atoms with Crippen molar-refractivity contribution in [1.82, 2.24) is 0 Å². The molecule has 0 saturated carbocycles. The number of hydrogen-bond donors (Lipinski definition) is 2. The summed E-state index contributed by atoms with van der Waals surface area (Å²) in [6.45, 7) is 5.04. The maximum Gasteiger partial charge on any atom is 0.279 e. The summed E-state index contributed by atoms with van der Waals surface area (Å²) in [6.07, 6.45) is 0.398. The van der Waals surface area contributed by atoms with E-state index in [4.69, 9.17) is 48.4 Å². The molecule has 2 bridgehead atoms. The molecule has 9 rings (SSSR count). The van der Waals surface area contributed by atoms with E-state index >= 15 is 0 Å². The largest absolute Gasteiger partial charge is 0.506 e. The number of methoxy groups -OCH3 is 1. The highest BCUT2D eigenvalue weighted by Crippen LogP contribution is 2.72. The number of carbonyl (C=O) groups is 1. The first kappa shape index (κ1) is 27.7. The topological polar surface area (TPSA) is 150 Å². The second-order valence-corrected chi connectivity index (χ2v) is 13.1. The third-order valence-corrected chi connectivity index (χ3v) is 10.6. The second-order valence-electron chi connectivity index (χ2n) is 13.1. The summed E-state index contributed by atoms with van der Waals surface area (Å²) in [6, 6.07) is 1.84. The number of phenolic OH excluding ortho intramolecular Hbond substituents is 1. The van der Waals surface area contributed by atoms with E-state index in [9.17, 15) is 9.90 Å². The second kappa shape index (κ2) is 9.26. The van der Waals surface area contributed by atoms with Gasteiger partial charge in [0.25, 0.3) is 11.6 Å². The van der Waals surface area contributed by atoms with Crippen LogP contribution in [-0.2, 0) is 39.6 Å². The van der Waals surface area contributed by atoms with Gasteiger partial charge in [0.2, 0.25) is 11.9 Å². The fourth-order valence-electron chi connectivity index (χ4n) is 8.44. The lowest BCUT2D eigenvalue weighted by molar-refractivity contribution is -0.384. The minimum Gasteiger partial charge on any atom is -0.506 e. The van der Waals surface area contributed by atoms with E-state index in [1.165, 1.54) is 0 Å². The summed E-state index contributed by atoms with van der Waals surface area (Å²) in [7, 11) is 1.58. The number of benzene rings is 2. The molecule has 12 heteroatoms. The Balaban J connectivity index is 1.27. The van der Waals surface area contributed by atoms with Gasteiger partial charge in [0.15, 0.2) is 18.2 Å². The molecule has 5 unspecified atom stereocenters. The number of Topliss-reactive ketones (excluding diaryl/α,β-unsaturated/α-hetero) is 1. The molecule has 0 aromatic heterocycles. The quantitative estimate of drug-likeness (QED) is 0.489. The van der Waals surface area contributed by atoms with Gasteiger partial charge in [-0.2, -0.15) is 0 Å². The SMILES string of the molecule is COc1c2c(c(O)c3c4c(c(C)cc13)C1O[C@]3(C5OCCCO5)OC1[C@](O[C@@H]1CCC(N)C(C)O1)(O4)C31CO1)C(=O)CCC2. The Bertz CT molecular complexity index is 1580. The summed E-state index contributed by atoms with van der Waals surface area (Å²) >= 11 is 0. The number of hydrogen-bond acceptors (Lipinski definition) is 12. The van der Waals surface area contributed by atoms with E-state index in [1.54, 1.807) is 7.11 Å². The Morgan fingerprint density at radius 3 is 2.64 bits per heavy atom. The van der Waals surface area contributed by atoms with Crippen LogP contribution < -0.4 is 15.2 Å². The summed E-state index contributed by atoms with van der Waals surface area (Å²) in [5.74, 6) is -2.38. The van der Waals surface area contributed by atoms with Crippen molar-refractivity contribution in [2.75, 3.05) is 26.9 Å². The monoisotopic (exact) mass is 611 g/mol. The Morgan fingerprint density at radius 1 is 1.11 bits per heavy atom. The molecule has 12 nitrogen and oxygen atoms in total. The molecule has 2 aromatic carbocycles. The van der Waals surface area contributed by atoms with Crippen molar-refractivity contribution in [3.05, 3.63) is 28.3 Å². The molecule has 5 fully saturated rings. The Kier molecular flexibility index (Phi) is 5.84. The maximum absolute atomic E-state index is 13.2. The maximum atomic E-state index is 13.2. The van der Waals surface area contributed by atoms with Crippen molar-refractivity contribution in [3.8, 4) is 17.2 Å². The van der Waals surface area contributed by atoms with E-state index in [-0.39, 0.29) is 35.8 Å². The molecule has 7 aliphatic rings. The first-order valence-electron chi connectivity index (χ1n) is 15.7. The number of ketones is 1. The molecule has 44 heavy (non-hydrogen) atoms. The predicted octanol–water partition coefficient (Wildman–Crippen LogP) is 3.04. The van der Waals surface area contributed by atoms with Crippen molar-refractivity contribution in [3.63, 3.8) is 0 Å². The highest BCUT2D eigenvalue weighted by Gasteiger charge is 2.94. The molecule has 0 amide bonds. The first-order valence-corrected chi connectivity index (χ1v) is 15.7. The van der Waals surface area contributed by atoms with Gasteiger partial charge in [-0.1, -0.05) is 0 Å². The lowest BCUT2D eigenvalue weighted by Gasteiger charge is -2.51. The van der Waals surface area contributed by atoms with Crippen LogP contribution in [0.25, 0.3) is 10.8 Å². The minimum absolute atomic E-state index is 0.117. The van der Waals surface area contributed by atoms with Gasteiger partial charge in [0.05, 0.1) is 44.0 Å². The standard InChI is InChI=1S/C32H37NO11/c1-14-12-17-23(24(35)22-16(25(17)36-3)6-4-7-19(22)34)26-21(14)27-28-31(42-26,41-20-9-8-18(33)15(2)40-20)30(13-39-30)32(43-27,44-28)29-37-10-5-11-38-29/h12,15,18,20,27-29,35H,4-11,13,33H2,1-3H3/t15?,18?,20-,27?,28?,30?,31+,32-/m1/s1. The molecule has 1 aliphatic carbocycles. The van der Waals surface area contributed by atoms with Crippen LogP contribution in [0.15, 0.2) is 6.07 Å². The highest BCUT2D eigenvalue weighted by molar-refractivity contribution is 6.11. The van der Waals surface area contributed by atoms with Crippen LogP contribution in [0.1, 0.15) is 72.2 Å². The highest BCUT2D eigenvalue weighted by atomic mass is 16.9. The van der Waals surface area contributed by atoms with Crippen molar-refractivity contribution in [1.29, 1.82) is 0 Å². The van der Waals surface area contributed by atoms with E-state index in [2.05, 4.69) is 0 Å². The van der Waals surface area contributed by atoms with Crippen LogP contribution in [0.2, 0.25) is 0 Å². The molecule has 1 spiro atoms. The molecule has 3 N–H and O–H groups in total. The molecule has 6 heterocycles. The van der Waals surface area contributed by atoms with Gasteiger partial charge in [-0.3, -0.25) is 4.79 Å². The van der Waals surface area contributed by atoms with Crippen molar-refractivity contribution in [2.24, 2.45) is 5.73 Å². The lowest BCUT2D eigenvalue weighted by atomic mass is 9.78. The molecule has 8 atom stereocenters. The molecular weight excluding hydrogens is 574 g/mol. The molecule has 6 aliphatic heterocycles. The summed E-state index contributed by atoms with van der Waals surface area (Å²) in [4.78, 5) is 13.2. The average molecular weight is 612 g/mol. The summed E-state index contributed by atoms with van der Waals surface area (Å²) in [5, 5.41) is 12.9. The normalized spacial score (nSPS) is 40.6. The number of aromatic hydroxyl groups is 1. The molecule has 0 radical (unpaired) electrons. The van der Waals surface area contributed by atoms with Gasteiger partial charge < -0.3 is 53.5 Å². The van der Waals surface area contributed by atoms with Gasteiger partial charge >= 0.3 is 0 Å².